The van der Waals surface area contributed by atoms with Crippen LogP contribution in [0.15, 0.2) is 5.38 Å². The summed E-state index contributed by atoms with van der Waals surface area (Å²) in [6.45, 7) is 12.4. The molecule has 0 amide bonds. The van der Waals surface area contributed by atoms with E-state index in [9.17, 15) is 0 Å². The van der Waals surface area contributed by atoms with E-state index in [4.69, 9.17) is 4.98 Å². The van der Waals surface area contributed by atoms with Crippen molar-refractivity contribution < 1.29 is 0 Å². The molecule has 96 valence electrons. The summed E-state index contributed by atoms with van der Waals surface area (Å²) in [7, 11) is 0. The van der Waals surface area contributed by atoms with Crippen LogP contribution in [0.5, 0.6) is 0 Å². The maximum absolute atomic E-state index is 4.76. The molecule has 1 N–H and O–H groups in total. The van der Waals surface area contributed by atoms with Crippen LogP contribution in [0.2, 0.25) is 0 Å². The van der Waals surface area contributed by atoms with Gasteiger partial charge in [-0.25, -0.2) is 4.98 Å². The normalized spacial score (nSPS) is 31.9. The van der Waals surface area contributed by atoms with Crippen LogP contribution < -0.4 is 5.32 Å². The standard InChI is InChI=1S/C14H24N2S/c1-6-15-14(12-16-11(3)8-17-12)9-13(4,5)7-10(14)2/h8,10,15H,6-7,9H2,1-5H3. The topological polar surface area (TPSA) is 24.9 Å². The highest BCUT2D eigenvalue weighted by molar-refractivity contribution is 7.09. The monoisotopic (exact) mass is 252 g/mol. The summed E-state index contributed by atoms with van der Waals surface area (Å²) in [5, 5.41) is 7.20. The molecule has 1 aromatic heterocycles. The van der Waals surface area contributed by atoms with E-state index in [1.54, 1.807) is 0 Å². The first-order valence-corrected chi connectivity index (χ1v) is 7.45. The van der Waals surface area contributed by atoms with E-state index in [1.165, 1.54) is 17.8 Å². The SMILES string of the molecule is CCNC1(c2nc(C)cs2)CC(C)(C)CC1C. The molecular formula is C14H24N2S. The number of thiazole rings is 1. The number of hydrogen-bond donors (Lipinski definition) is 1. The van der Waals surface area contributed by atoms with E-state index < -0.39 is 0 Å². The molecule has 0 saturated heterocycles. The Morgan fingerprint density at radius 1 is 1.53 bits per heavy atom. The summed E-state index contributed by atoms with van der Waals surface area (Å²) in [6.07, 6.45) is 2.47. The number of aryl methyl sites for hydroxylation is 1. The van der Waals surface area contributed by atoms with Crippen molar-refractivity contribution in [1.82, 2.24) is 10.3 Å². The zero-order chi connectivity index (χ0) is 12.7. The molecule has 1 aliphatic rings. The Kier molecular flexibility index (Phi) is 3.34. The van der Waals surface area contributed by atoms with Gasteiger partial charge in [0.15, 0.2) is 0 Å². The second kappa shape index (κ2) is 4.36. The molecule has 1 heterocycles. The van der Waals surface area contributed by atoms with Gasteiger partial charge >= 0.3 is 0 Å². The third-order valence-electron chi connectivity index (χ3n) is 3.95. The van der Waals surface area contributed by atoms with Gasteiger partial charge in [0, 0.05) is 11.1 Å². The Bertz CT molecular complexity index is 397. The molecule has 3 heteroatoms. The lowest BCUT2D eigenvalue weighted by Gasteiger charge is -2.33. The first-order chi connectivity index (χ1) is 7.89. The molecule has 0 aliphatic heterocycles. The minimum atomic E-state index is 0.108. The summed E-state index contributed by atoms with van der Waals surface area (Å²) in [4.78, 5) is 4.76. The van der Waals surface area contributed by atoms with Crippen molar-refractivity contribution in [1.29, 1.82) is 0 Å². The predicted octanol–water partition coefficient (Wildman–Crippen LogP) is 3.71. The molecule has 1 saturated carbocycles. The zero-order valence-corrected chi connectivity index (χ0v) is 12.4. The first-order valence-electron chi connectivity index (χ1n) is 6.57. The second-order valence-electron chi connectivity index (χ2n) is 6.24. The Hall–Kier alpha value is -0.410. The maximum atomic E-state index is 4.76. The van der Waals surface area contributed by atoms with Crippen LogP contribution in [0, 0.1) is 18.3 Å². The Labute approximate surface area is 109 Å². The molecule has 0 spiro atoms. The molecule has 1 aliphatic carbocycles. The van der Waals surface area contributed by atoms with Crippen molar-refractivity contribution in [2.24, 2.45) is 11.3 Å². The van der Waals surface area contributed by atoms with Gasteiger partial charge < -0.3 is 5.32 Å². The predicted molar refractivity (Wildman–Crippen MR) is 74.4 cm³/mol. The van der Waals surface area contributed by atoms with Gasteiger partial charge in [0.2, 0.25) is 0 Å². The van der Waals surface area contributed by atoms with Crippen molar-refractivity contribution in [3.8, 4) is 0 Å². The number of nitrogens with zero attached hydrogens (tertiary/aromatic N) is 1. The Morgan fingerprint density at radius 3 is 2.65 bits per heavy atom. The van der Waals surface area contributed by atoms with Crippen molar-refractivity contribution in [2.45, 2.75) is 53.0 Å². The Balaban J connectivity index is 2.40. The van der Waals surface area contributed by atoms with E-state index >= 15 is 0 Å². The number of aromatic nitrogens is 1. The lowest BCUT2D eigenvalue weighted by Crippen LogP contribution is -2.44. The number of rotatable bonds is 3. The van der Waals surface area contributed by atoms with E-state index in [0.29, 0.717) is 11.3 Å². The van der Waals surface area contributed by atoms with Gasteiger partial charge in [0.25, 0.3) is 0 Å². The first kappa shape index (κ1) is 13.0. The van der Waals surface area contributed by atoms with Gasteiger partial charge in [-0.3, -0.25) is 0 Å². The van der Waals surface area contributed by atoms with Crippen LogP contribution in [0.3, 0.4) is 0 Å². The van der Waals surface area contributed by atoms with Gasteiger partial charge in [-0.15, -0.1) is 11.3 Å². The van der Waals surface area contributed by atoms with Crippen LogP contribution in [-0.2, 0) is 5.54 Å². The molecule has 1 aromatic rings. The fraction of sp³-hybridized carbons (Fsp3) is 0.786. The summed E-state index contributed by atoms with van der Waals surface area (Å²) in [5.74, 6) is 0.656. The lowest BCUT2D eigenvalue weighted by molar-refractivity contribution is 0.256. The van der Waals surface area contributed by atoms with Crippen LogP contribution in [0.4, 0.5) is 0 Å². The molecule has 2 atom stereocenters. The molecule has 2 unspecified atom stereocenters. The van der Waals surface area contributed by atoms with E-state index in [1.807, 2.05) is 11.3 Å². The third-order valence-corrected chi connectivity index (χ3v) is 5.09. The highest BCUT2D eigenvalue weighted by atomic mass is 32.1. The van der Waals surface area contributed by atoms with Crippen molar-refractivity contribution in [3.05, 3.63) is 16.1 Å². The molecule has 17 heavy (non-hydrogen) atoms. The Morgan fingerprint density at radius 2 is 2.24 bits per heavy atom. The van der Waals surface area contributed by atoms with Crippen molar-refractivity contribution >= 4 is 11.3 Å². The number of hydrogen-bond acceptors (Lipinski definition) is 3. The van der Waals surface area contributed by atoms with Gasteiger partial charge in [0.05, 0.1) is 5.54 Å². The average Bonchev–Trinajstić information content (AvgIpc) is 2.71. The zero-order valence-electron chi connectivity index (χ0n) is 11.6. The van der Waals surface area contributed by atoms with Gasteiger partial charge in [-0.1, -0.05) is 27.7 Å². The number of nitrogens with one attached hydrogen (secondary N) is 1. The third kappa shape index (κ3) is 2.27. The molecule has 2 rings (SSSR count). The molecule has 0 aromatic carbocycles. The quantitative estimate of drug-likeness (QED) is 0.887. The average molecular weight is 252 g/mol. The minimum absolute atomic E-state index is 0.108. The van der Waals surface area contributed by atoms with E-state index in [0.717, 1.165) is 12.2 Å². The van der Waals surface area contributed by atoms with Crippen LogP contribution in [0.1, 0.15) is 51.2 Å². The van der Waals surface area contributed by atoms with Crippen molar-refractivity contribution in [2.75, 3.05) is 6.54 Å². The molecule has 1 fully saturated rings. The highest BCUT2D eigenvalue weighted by Gasteiger charge is 2.50. The molecule has 0 bridgehead atoms. The summed E-state index contributed by atoms with van der Waals surface area (Å²) < 4.78 is 0. The fourth-order valence-electron chi connectivity index (χ4n) is 3.48. The van der Waals surface area contributed by atoms with Gasteiger partial charge in [-0.2, -0.15) is 0 Å². The summed E-state index contributed by atoms with van der Waals surface area (Å²) in [5.41, 5.74) is 1.68. The van der Waals surface area contributed by atoms with Crippen molar-refractivity contribution in [3.63, 3.8) is 0 Å². The van der Waals surface area contributed by atoms with Gasteiger partial charge in [-0.05, 0) is 37.6 Å². The smallest absolute Gasteiger partial charge is 0.113 e. The lowest BCUT2D eigenvalue weighted by atomic mass is 9.86. The molecule has 0 radical (unpaired) electrons. The van der Waals surface area contributed by atoms with Crippen LogP contribution >= 0.6 is 11.3 Å². The highest BCUT2D eigenvalue weighted by Crippen LogP contribution is 2.53. The summed E-state index contributed by atoms with van der Waals surface area (Å²) >= 11 is 1.82. The second-order valence-corrected chi connectivity index (χ2v) is 7.10. The fourth-order valence-corrected chi connectivity index (χ4v) is 4.56. The van der Waals surface area contributed by atoms with Crippen LogP contribution in [0.25, 0.3) is 0 Å². The van der Waals surface area contributed by atoms with Crippen LogP contribution in [-0.4, -0.2) is 11.5 Å². The largest absolute Gasteiger partial charge is 0.305 e. The maximum Gasteiger partial charge on any atom is 0.113 e. The summed E-state index contributed by atoms with van der Waals surface area (Å²) in [6, 6.07) is 0. The molecule has 2 nitrogen and oxygen atoms in total. The minimum Gasteiger partial charge on any atom is -0.305 e. The van der Waals surface area contributed by atoms with E-state index in [2.05, 4.69) is 45.3 Å². The van der Waals surface area contributed by atoms with E-state index in [-0.39, 0.29) is 5.54 Å². The van der Waals surface area contributed by atoms with Gasteiger partial charge in [0.1, 0.15) is 5.01 Å². The molecular weight excluding hydrogens is 228 g/mol.